The Labute approximate surface area is 112 Å². The number of furan rings is 1. The number of aliphatic hydroxyl groups is 1. The number of para-hydroxylation sites is 1. The van der Waals surface area contributed by atoms with Crippen molar-refractivity contribution in [2.24, 2.45) is 0 Å². The second kappa shape index (κ2) is 6.95. The van der Waals surface area contributed by atoms with Crippen LogP contribution in [0.4, 0.5) is 0 Å². The Morgan fingerprint density at radius 3 is 2.89 bits per heavy atom. The van der Waals surface area contributed by atoms with Gasteiger partial charge in [-0.25, -0.2) is 0 Å². The van der Waals surface area contributed by atoms with Crippen LogP contribution in [-0.4, -0.2) is 24.2 Å². The molecule has 102 valence electrons. The highest BCUT2D eigenvalue weighted by molar-refractivity contribution is 5.87. The third-order valence-corrected chi connectivity index (χ3v) is 3.07. The van der Waals surface area contributed by atoms with Gasteiger partial charge in [0.15, 0.2) is 0 Å². The topological polar surface area (TPSA) is 62.5 Å². The van der Waals surface area contributed by atoms with Crippen LogP contribution in [0.1, 0.15) is 24.8 Å². The zero-order valence-electron chi connectivity index (χ0n) is 10.9. The Bertz CT molecular complexity index is 533. The number of amides is 1. The van der Waals surface area contributed by atoms with Crippen molar-refractivity contribution in [2.75, 3.05) is 13.2 Å². The zero-order chi connectivity index (χ0) is 13.5. The number of rotatable bonds is 7. The number of benzene rings is 1. The van der Waals surface area contributed by atoms with Crippen molar-refractivity contribution in [2.45, 2.75) is 25.7 Å². The lowest BCUT2D eigenvalue weighted by atomic mass is 10.1. The molecule has 0 fully saturated rings. The molecule has 1 amide bonds. The molecular weight excluding hydrogens is 242 g/mol. The van der Waals surface area contributed by atoms with E-state index in [0.717, 1.165) is 35.8 Å². The van der Waals surface area contributed by atoms with E-state index in [1.165, 1.54) is 0 Å². The van der Waals surface area contributed by atoms with E-state index in [-0.39, 0.29) is 12.5 Å². The second-order valence-corrected chi connectivity index (χ2v) is 4.57. The molecule has 2 N–H and O–H groups in total. The average Bonchev–Trinajstić information content (AvgIpc) is 2.82. The smallest absolute Gasteiger partial charge is 0.224 e. The van der Waals surface area contributed by atoms with Gasteiger partial charge in [-0.1, -0.05) is 18.2 Å². The summed E-state index contributed by atoms with van der Waals surface area (Å²) in [6.07, 6.45) is 4.62. The molecule has 0 saturated carbocycles. The summed E-state index contributed by atoms with van der Waals surface area (Å²) in [6.45, 7) is 0.879. The summed E-state index contributed by atoms with van der Waals surface area (Å²) >= 11 is 0. The van der Waals surface area contributed by atoms with E-state index in [0.29, 0.717) is 13.0 Å². The minimum absolute atomic E-state index is 0.00977. The van der Waals surface area contributed by atoms with E-state index < -0.39 is 0 Å². The maximum absolute atomic E-state index is 11.8. The standard InChI is InChI=1S/C15H19NO3/c17-9-5-1-4-8-16-15(18)10-12-11-19-14-7-3-2-6-13(12)14/h2-3,6-7,11,17H,1,4-5,8-10H2,(H,16,18). The van der Waals surface area contributed by atoms with Crippen LogP contribution in [0, 0.1) is 0 Å². The SMILES string of the molecule is O=C(Cc1coc2ccccc12)NCCCCCO. The molecule has 4 nitrogen and oxygen atoms in total. The fraction of sp³-hybridized carbons (Fsp3) is 0.400. The summed E-state index contributed by atoms with van der Waals surface area (Å²) in [5.41, 5.74) is 1.73. The highest BCUT2D eigenvalue weighted by atomic mass is 16.3. The highest BCUT2D eigenvalue weighted by Gasteiger charge is 2.09. The van der Waals surface area contributed by atoms with E-state index in [4.69, 9.17) is 9.52 Å². The maximum atomic E-state index is 11.8. The Morgan fingerprint density at radius 1 is 1.21 bits per heavy atom. The number of carbonyl (C=O) groups excluding carboxylic acids is 1. The van der Waals surface area contributed by atoms with Gasteiger partial charge in [-0.15, -0.1) is 0 Å². The highest BCUT2D eigenvalue weighted by Crippen LogP contribution is 2.20. The van der Waals surface area contributed by atoms with Gasteiger partial charge in [-0.2, -0.15) is 0 Å². The van der Waals surface area contributed by atoms with Crippen molar-refractivity contribution in [1.29, 1.82) is 0 Å². The predicted molar refractivity (Wildman–Crippen MR) is 73.9 cm³/mol. The van der Waals surface area contributed by atoms with E-state index in [2.05, 4.69) is 5.32 Å². The first-order valence-electron chi connectivity index (χ1n) is 6.64. The molecule has 0 bridgehead atoms. The van der Waals surface area contributed by atoms with Crippen LogP contribution in [0.5, 0.6) is 0 Å². The summed E-state index contributed by atoms with van der Waals surface area (Å²) in [5.74, 6) is 0.00977. The molecule has 1 aromatic heterocycles. The van der Waals surface area contributed by atoms with Gasteiger partial charge < -0.3 is 14.8 Å². The number of carbonyl (C=O) groups is 1. The Hall–Kier alpha value is -1.81. The lowest BCUT2D eigenvalue weighted by molar-refractivity contribution is -0.120. The number of hydrogen-bond acceptors (Lipinski definition) is 3. The molecule has 0 saturated heterocycles. The lowest BCUT2D eigenvalue weighted by Crippen LogP contribution is -2.26. The maximum Gasteiger partial charge on any atom is 0.224 e. The molecule has 0 spiro atoms. The van der Waals surface area contributed by atoms with Crippen LogP contribution >= 0.6 is 0 Å². The van der Waals surface area contributed by atoms with Crippen molar-refractivity contribution in [3.05, 3.63) is 36.1 Å². The van der Waals surface area contributed by atoms with Gasteiger partial charge in [-0.05, 0) is 25.3 Å². The molecule has 4 heteroatoms. The van der Waals surface area contributed by atoms with Crippen LogP contribution in [-0.2, 0) is 11.2 Å². The molecule has 2 rings (SSSR count). The number of hydrogen-bond donors (Lipinski definition) is 2. The number of fused-ring (bicyclic) bond motifs is 1. The molecule has 0 aliphatic carbocycles. The monoisotopic (exact) mass is 261 g/mol. The van der Waals surface area contributed by atoms with Crippen LogP contribution in [0.3, 0.4) is 0 Å². The van der Waals surface area contributed by atoms with Crippen molar-refractivity contribution in [3.63, 3.8) is 0 Å². The summed E-state index contributed by atoms with van der Waals surface area (Å²) in [5, 5.41) is 12.5. The molecule has 1 heterocycles. The van der Waals surface area contributed by atoms with Gasteiger partial charge in [0.05, 0.1) is 12.7 Å². The number of nitrogens with one attached hydrogen (secondary N) is 1. The molecule has 19 heavy (non-hydrogen) atoms. The van der Waals surface area contributed by atoms with Crippen molar-refractivity contribution < 1.29 is 14.3 Å². The third kappa shape index (κ3) is 3.83. The first-order valence-corrected chi connectivity index (χ1v) is 6.64. The fourth-order valence-corrected chi connectivity index (χ4v) is 2.05. The van der Waals surface area contributed by atoms with Crippen molar-refractivity contribution in [3.8, 4) is 0 Å². The molecular formula is C15H19NO3. The Kier molecular flexibility index (Phi) is 4.98. The van der Waals surface area contributed by atoms with Crippen molar-refractivity contribution in [1.82, 2.24) is 5.32 Å². The first-order chi connectivity index (χ1) is 9.31. The van der Waals surface area contributed by atoms with E-state index in [9.17, 15) is 4.79 Å². The average molecular weight is 261 g/mol. The second-order valence-electron chi connectivity index (χ2n) is 4.57. The molecule has 0 aliphatic heterocycles. The molecule has 0 radical (unpaired) electrons. The molecule has 0 unspecified atom stereocenters. The minimum Gasteiger partial charge on any atom is -0.464 e. The molecule has 2 aromatic rings. The third-order valence-electron chi connectivity index (χ3n) is 3.07. The van der Waals surface area contributed by atoms with Crippen molar-refractivity contribution >= 4 is 16.9 Å². The summed E-state index contributed by atoms with van der Waals surface area (Å²) < 4.78 is 5.40. The zero-order valence-corrected chi connectivity index (χ0v) is 10.9. The fourth-order valence-electron chi connectivity index (χ4n) is 2.05. The van der Waals surface area contributed by atoms with Crippen LogP contribution in [0.2, 0.25) is 0 Å². The summed E-state index contributed by atoms with van der Waals surface area (Å²) in [7, 11) is 0. The quantitative estimate of drug-likeness (QED) is 0.751. The van der Waals surface area contributed by atoms with Crippen LogP contribution in [0.15, 0.2) is 34.9 Å². The largest absolute Gasteiger partial charge is 0.464 e. The van der Waals surface area contributed by atoms with E-state index in [1.54, 1.807) is 6.26 Å². The Morgan fingerprint density at radius 2 is 2.05 bits per heavy atom. The summed E-state index contributed by atoms with van der Waals surface area (Å²) in [4.78, 5) is 11.8. The van der Waals surface area contributed by atoms with Crippen LogP contribution < -0.4 is 5.32 Å². The number of aliphatic hydroxyl groups excluding tert-OH is 1. The van der Waals surface area contributed by atoms with Gasteiger partial charge in [0.1, 0.15) is 5.58 Å². The van der Waals surface area contributed by atoms with Gasteiger partial charge in [0, 0.05) is 24.1 Å². The first kappa shape index (κ1) is 13.6. The Balaban J connectivity index is 1.82. The minimum atomic E-state index is 0.00977. The van der Waals surface area contributed by atoms with Gasteiger partial charge >= 0.3 is 0 Å². The molecule has 0 aliphatic rings. The lowest BCUT2D eigenvalue weighted by Gasteiger charge is -2.03. The summed E-state index contributed by atoms with van der Waals surface area (Å²) in [6, 6.07) is 7.71. The van der Waals surface area contributed by atoms with Gasteiger partial charge in [-0.3, -0.25) is 4.79 Å². The molecule has 0 atom stereocenters. The normalized spacial score (nSPS) is 10.8. The van der Waals surface area contributed by atoms with Crippen LogP contribution in [0.25, 0.3) is 11.0 Å². The predicted octanol–water partition coefficient (Wildman–Crippen LogP) is 2.25. The number of unbranched alkanes of at least 4 members (excludes halogenated alkanes) is 2. The van der Waals surface area contributed by atoms with Gasteiger partial charge in [0.25, 0.3) is 0 Å². The van der Waals surface area contributed by atoms with E-state index >= 15 is 0 Å². The van der Waals surface area contributed by atoms with E-state index in [1.807, 2.05) is 24.3 Å². The van der Waals surface area contributed by atoms with Gasteiger partial charge in [0.2, 0.25) is 5.91 Å². The molecule has 1 aromatic carbocycles.